The van der Waals surface area contributed by atoms with Crippen molar-refractivity contribution in [2.75, 3.05) is 7.11 Å². The van der Waals surface area contributed by atoms with Crippen LogP contribution in [0.15, 0.2) is 66.7 Å². The highest BCUT2D eigenvalue weighted by Gasteiger charge is 2.21. The minimum Gasteiger partial charge on any atom is -0.481 e. The molecule has 0 heterocycles. The van der Waals surface area contributed by atoms with Crippen LogP contribution < -0.4 is 5.32 Å². The van der Waals surface area contributed by atoms with E-state index in [0.29, 0.717) is 16.5 Å². The number of amides is 1. The number of carboxylic acid groups (broad SMARTS) is 1. The number of carbonyl (C=O) groups is 2. The molecule has 0 aliphatic rings. The molecule has 3 aromatic carbocycles. The Balaban J connectivity index is 1.79. The molecule has 0 spiro atoms. The molecule has 184 valence electrons. The van der Waals surface area contributed by atoms with Crippen molar-refractivity contribution in [3.63, 3.8) is 0 Å². The van der Waals surface area contributed by atoms with Gasteiger partial charge < -0.3 is 15.2 Å². The summed E-state index contributed by atoms with van der Waals surface area (Å²) in [5.74, 6) is -1.32. The number of rotatable bonds is 11. The summed E-state index contributed by atoms with van der Waals surface area (Å²) in [6.45, 7) is 1.93. The van der Waals surface area contributed by atoms with Gasteiger partial charge in [0.15, 0.2) is 0 Å². The summed E-state index contributed by atoms with van der Waals surface area (Å²) in [6.07, 6.45) is 3.84. The molecular formula is C28H29Cl2NO4. The summed E-state index contributed by atoms with van der Waals surface area (Å²) in [6, 6.07) is 19.7. The number of hydrogen-bond donors (Lipinski definition) is 2. The van der Waals surface area contributed by atoms with Crippen molar-refractivity contribution in [2.24, 2.45) is 5.92 Å². The molecule has 0 bridgehead atoms. The largest absolute Gasteiger partial charge is 0.481 e. The fourth-order valence-corrected chi connectivity index (χ4v) is 4.28. The first kappa shape index (κ1) is 26.7. The Morgan fingerprint density at radius 2 is 1.74 bits per heavy atom. The molecule has 0 saturated carbocycles. The van der Waals surface area contributed by atoms with Crippen molar-refractivity contribution in [3.8, 4) is 0 Å². The summed E-state index contributed by atoms with van der Waals surface area (Å²) in [5.41, 5.74) is 2.05. The average molecular weight is 514 g/mol. The number of carboxylic acids is 1. The van der Waals surface area contributed by atoms with Crippen LogP contribution in [-0.4, -0.2) is 36.2 Å². The van der Waals surface area contributed by atoms with Gasteiger partial charge in [0, 0.05) is 19.1 Å². The van der Waals surface area contributed by atoms with E-state index >= 15 is 0 Å². The highest BCUT2D eigenvalue weighted by atomic mass is 35.5. The second-order valence-electron chi connectivity index (χ2n) is 8.60. The minimum atomic E-state index is -1.01. The first-order chi connectivity index (χ1) is 16.7. The topological polar surface area (TPSA) is 75.6 Å². The quantitative estimate of drug-likeness (QED) is 0.310. The van der Waals surface area contributed by atoms with E-state index in [4.69, 9.17) is 33.0 Å². The molecule has 3 atom stereocenters. The van der Waals surface area contributed by atoms with Gasteiger partial charge in [-0.15, -0.1) is 0 Å². The third kappa shape index (κ3) is 8.10. The molecule has 0 fully saturated rings. The Kier molecular flexibility index (Phi) is 9.73. The lowest BCUT2D eigenvalue weighted by molar-refractivity contribution is -0.140. The van der Waals surface area contributed by atoms with Gasteiger partial charge in [-0.1, -0.05) is 77.8 Å². The minimum absolute atomic E-state index is 0.0268. The van der Waals surface area contributed by atoms with E-state index in [9.17, 15) is 9.59 Å². The molecule has 1 amide bonds. The summed E-state index contributed by atoms with van der Waals surface area (Å²) in [4.78, 5) is 23.6. The Morgan fingerprint density at radius 3 is 2.43 bits per heavy atom. The SMILES string of the molecule is CO[C@H](CC(=O)O)CC(=O)N[C@@H](C)[C@H](C=Cc1ccc2ccccc2c1)Cc1ccc(Cl)c(Cl)c1. The molecule has 2 N–H and O–H groups in total. The van der Waals surface area contributed by atoms with Gasteiger partial charge in [0.1, 0.15) is 0 Å². The maximum Gasteiger partial charge on any atom is 0.305 e. The number of carbonyl (C=O) groups excluding carboxylic acids is 1. The molecule has 0 aliphatic heterocycles. The number of fused-ring (bicyclic) bond motifs is 1. The van der Waals surface area contributed by atoms with E-state index < -0.39 is 12.1 Å². The van der Waals surface area contributed by atoms with Crippen LogP contribution >= 0.6 is 23.2 Å². The van der Waals surface area contributed by atoms with Crippen LogP contribution in [0.2, 0.25) is 10.0 Å². The maximum atomic E-state index is 12.6. The lowest BCUT2D eigenvalue weighted by Crippen LogP contribution is -2.40. The summed E-state index contributed by atoms with van der Waals surface area (Å²) < 4.78 is 5.15. The lowest BCUT2D eigenvalue weighted by Gasteiger charge is -2.24. The van der Waals surface area contributed by atoms with E-state index in [1.807, 2.05) is 31.2 Å². The summed E-state index contributed by atoms with van der Waals surface area (Å²) in [7, 11) is 1.41. The third-order valence-corrected chi connectivity index (χ3v) is 6.68. The third-order valence-electron chi connectivity index (χ3n) is 5.94. The van der Waals surface area contributed by atoms with Crippen molar-refractivity contribution < 1.29 is 19.4 Å². The van der Waals surface area contributed by atoms with Gasteiger partial charge in [-0.3, -0.25) is 9.59 Å². The van der Waals surface area contributed by atoms with E-state index in [2.05, 4.69) is 47.8 Å². The Morgan fingerprint density at radius 1 is 1.00 bits per heavy atom. The maximum absolute atomic E-state index is 12.6. The van der Waals surface area contributed by atoms with Crippen molar-refractivity contribution >= 4 is 51.9 Å². The predicted molar refractivity (Wildman–Crippen MR) is 142 cm³/mol. The zero-order chi connectivity index (χ0) is 25.4. The summed E-state index contributed by atoms with van der Waals surface area (Å²) >= 11 is 12.3. The second kappa shape index (κ2) is 12.7. The molecule has 0 radical (unpaired) electrons. The first-order valence-electron chi connectivity index (χ1n) is 11.4. The smallest absolute Gasteiger partial charge is 0.305 e. The van der Waals surface area contributed by atoms with Gasteiger partial charge >= 0.3 is 5.97 Å². The Labute approximate surface area is 215 Å². The number of methoxy groups -OCH3 is 1. The van der Waals surface area contributed by atoms with Crippen LogP contribution in [-0.2, 0) is 20.7 Å². The zero-order valence-electron chi connectivity index (χ0n) is 19.7. The molecule has 0 unspecified atom stereocenters. The molecule has 5 nitrogen and oxygen atoms in total. The Hall–Kier alpha value is -2.86. The van der Waals surface area contributed by atoms with Gasteiger partial charge in [-0.25, -0.2) is 0 Å². The zero-order valence-corrected chi connectivity index (χ0v) is 21.2. The molecule has 0 aromatic heterocycles. The molecule has 7 heteroatoms. The van der Waals surface area contributed by atoms with E-state index in [1.165, 1.54) is 12.5 Å². The standard InChI is InChI=1S/C28H29Cl2NO4/c1-18(31-27(32)16-24(35-2)17-28(33)34)22(14-20-9-12-25(29)26(30)15-20)11-8-19-7-10-21-5-3-4-6-23(21)13-19/h3-13,15,18,22,24H,14,16-17H2,1-2H3,(H,31,32)(H,33,34)/t18-,22+,24-/m0/s1. The van der Waals surface area contributed by atoms with E-state index in [0.717, 1.165) is 16.5 Å². The van der Waals surface area contributed by atoms with E-state index in [1.54, 1.807) is 6.07 Å². The van der Waals surface area contributed by atoms with Crippen LogP contribution in [0.3, 0.4) is 0 Å². The van der Waals surface area contributed by atoms with Crippen LogP contribution in [0.4, 0.5) is 0 Å². The van der Waals surface area contributed by atoms with Crippen LogP contribution in [0, 0.1) is 5.92 Å². The van der Waals surface area contributed by atoms with Crippen molar-refractivity contribution in [3.05, 3.63) is 87.9 Å². The number of halogens is 2. The van der Waals surface area contributed by atoms with Gasteiger partial charge in [0.05, 0.1) is 29.0 Å². The van der Waals surface area contributed by atoms with Crippen LogP contribution in [0.5, 0.6) is 0 Å². The van der Waals surface area contributed by atoms with Crippen molar-refractivity contribution in [2.45, 2.75) is 38.3 Å². The van der Waals surface area contributed by atoms with Gasteiger partial charge in [0.25, 0.3) is 0 Å². The van der Waals surface area contributed by atoms with Crippen molar-refractivity contribution in [1.82, 2.24) is 5.32 Å². The molecule has 35 heavy (non-hydrogen) atoms. The fraction of sp³-hybridized carbons (Fsp3) is 0.286. The van der Waals surface area contributed by atoms with Crippen LogP contribution in [0.1, 0.15) is 30.9 Å². The van der Waals surface area contributed by atoms with Crippen molar-refractivity contribution in [1.29, 1.82) is 0 Å². The first-order valence-corrected chi connectivity index (χ1v) is 12.2. The van der Waals surface area contributed by atoms with E-state index in [-0.39, 0.29) is 30.7 Å². The number of ether oxygens (including phenoxy) is 1. The van der Waals surface area contributed by atoms with Crippen LogP contribution in [0.25, 0.3) is 16.8 Å². The fourth-order valence-electron chi connectivity index (χ4n) is 3.96. The monoisotopic (exact) mass is 513 g/mol. The second-order valence-corrected chi connectivity index (χ2v) is 9.41. The normalized spacial score (nSPS) is 14.1. The molecular weight excluding hydrogens is 485 g/mol. The molecule has 3 aromatic rings. The number of benzene rings is 3. The average Bonchev–Trinajstić information content (AvgIpc) is 2.82. The molecule has 3 rings (SSSR count). The van der Waals surface area contributed by atoms with Gasteiger partial charge in [0.2, 0.25) is 5.91 Å². The van der Waals surface area contributed by atoms with Gasteiger partial charge in [-0.2, -0.15) is 0 Å². The Bertz CT molecular complexity index is 1210. The lowest BCUT2D eigenvalue weighted by atomic mass is 9.91. The number of hydrogen-bond acceptors (Lipinski definition) is 3. The van der Waals surface area contributed by atoms with Gasteiger partial charge in [-0.05, 0) is 53.4 Å². The predicted octanol–water partition coefficient (Wildman–Crippen LogP) is 6.40. The molecule has 0 saturated heterocycles. The number of nitrogens with one attached hydrogen (secondary N) is 1. The molecule has 0 aliphatic carbocycles. The highest BCUT2D eigenvalue weighted by Crippen LogP contribution is 2.26. The number of aliphatic carboxylic acids is 1. The highest BCUT2D eigenvalue weighted by molar-refractivity contribution is 6.42. The summed E-state index contributed by atoms with van der Waals surface area (Å²) in [5, 5.41) is 15.3.